The summed E-state index contributed by atoms with van der Waals surface area (Å²) in [6, 6.07) is 12.8. The van der Waals surface area contributed by atoms with E-state index in [-0.39, 0.29) is 5.38 Å². The van der Waals surface area contributed by atoms with Crippen molar-refractivity contribution in [3.05, 3.63) is 59.4 Å². The molecule has 1 aromatic carbocycles. The molecule has 2 heterocycles. The summed E-state index contributed by atoms with van der Waals surface area (Å²) in [5.74, 6) is 0. The van der Waals surface area contributed by atoms with Gasteiger partial charge in [0, 0.05) is 11.8 Å². The van der Waals surface area contributed by atoms with E-state index in [4.69, 9.17) is 16.6 Å². The average molecular weight is 299 g/mol. The summed E-state index contributed by atoms with van der Waals surface area (Å²) in [5.41, 5.74) is 6.64. The Morgan fingerprint density at radius 3 is 2.52 bits per heavy atom. The number of benzene rings is 1. The predicted molar refractivity (Wildman–Crippen MR) is 89.0 cm³/mol. The monoisotopic (exact) mass is 298 g/mol. The van der Waals surface area contributed by atoms with Crippen LogP contribution in [0.25, 0.3) is 16.9 Å². The molecule has 21 heavy (non-hydrogen) atoms. The molecule has 0 radical (unpaired) electrons. The fourth-order valence-electron chi connectivity index (χ4n) is 2.66. The van der Waals surface area contributed by atoms with E-state index in [0.717, 1.165) is 29.0 Å². The van der Waals surface area contributed by atoms with Crippen LogP contribution in [0.3, 0.4) is 0 Å². The lowest BCUT2D eigenvalue weighted by Crippen LogP contribution is -1.95. The van der Waals surface area contributed by atoms with Gasteiger partial charge in [-0.2, -0.15) is 0 Å². The molecule has 0 fully saturated rings. The maximum absolute atomic E-state index is 6.42. The van der Waals surface area contributed by atoms with Crippen LogP contribution in [0, 0.1) is 6.92 Å². The zero-order chi connectivity index (χ0) is 15.0. The fraction of sp³-hybridized carbons (Fsp3) is 0.278. The van der Waals surface area contributed by atoms with E-state index < -0.39 is 0 Å². The minimum atomic E-state index is -0.0939. The van der Waals surface area contributed by atoms with Crippen molar-refractivity contribution in [3.63, 3.8) is 0 Å². The number of hydrogen-bond acceptors (Lipinski definition) is 1. The molecule has 2 aromatic heterocycles. The van der Waals surface area contributed by atoms with Crippen molar-refractivity contribution in [3.8, 4) is 11.3 Å². The summed E-state index contributed by atoms with van der Waals surface area (Å²) in [5, 5.41) is -0.0939. The molecule has 0 bridgehead atoms. The molecule has 0 amide bonds. The van der Waals surface area contributed by atoms with Crippen molar-refractivity contribution in [2.45, 2.75) is 32.6 Å². The molecule has 0 aliphatic rings. The largest absolute Gasteiger partial charge is 0.302 e. The second-order valence-corrected chi connectivity index (χ2v) is 6.10. The fourth-order valence-corrected chi connectivity index (χ4v) is 2.86. The van der Waals surface area contributed by atoms with E-state index in [1.165, 1.54) is 11.1 Å². The second kappa shape index (κ2) is 5.53. The molecule has 0 aliphatic carbocycles. The Hall–Kier alpha value is -1.80. The van der Waals surface area contributed by atoms with Gasteiger partial charge in [0.15, 0.2) is 0 Å². The number of hydrogen-bond donors (Lipinski definition) is 0. The van der Waals surface area contributed by atoms with Gasteiger partial charge in [-0.25, -0.2) is 4.98 Å². The van der Waals surface area contributed by atoms with Crippen LogP contribution in [0.4, 0.5) is 0 Å². The normalized spacial score (nSPS) is 12.8. The Morgan fingerprint density at radius 1 is 1.19 bits per heavy atom. The number of rotatable bonds is 3. The van der Waals surface area contributed by atoms with Crippen molar-refractivity contribution >= 4 is 17.2 Å². The highest BCUT2D eigenvalue weighted by Gasteiger charge is 2.17. The maximum Gasteiger partial charge on any atom is 0.137 e. The van der Waals surface area contributed by atoms with E-state index in [0.29, 0.717) is 0 Å². The number of aryl methyl sites for hydroxylation is 2. The smallest absolute Gasteiger partial charge is 0.137 e. The SMILES string of the molecule is CCc1ccc(-c2nc3cc(C)ccn3c2C(C)Cl)cc1. The third kappa shape index (κ3) is 2.56. The van der Waals surface area contributed by atoms with Gasteiger partial charge in [0.1, 0.15) is 5.65 Å². The van der Waals surface area contributed by atoms with Crippen molar-refractivity contribution in [1.82, 2.24) is 9.38 Å². The molecule has 1 unspecified atom stereocenters. The van der Waals surface area contributed by atoms with Gasteiger partial charge in [0.05, 0.1) is 16.8 Å². The molecular weight excluding hydrogens is 280 g/mol. The van der Waals surface area contributed by atoms with Crippen LogP contribution in [-0.4, -0.2) is 9.38 Å². The minimum Gasteiger partial charge on any atom is -0.302 e. The van der Waals surface area contributed by atoms with Gasteiger partial charge in [-0.15, -0.1) is 11.6 Å². The first-order chi connectivity index (χ1) is 10.1. The first-order valence-electron chi connectivity index (χ1n) is 7.32. The minimum absolute atomic E-state index is 0.0939. The van der Waals surface area contributed by atoms with Crippen molar-refractivity contribution in [2.75, 3.05) is 0 Å². The lowest BCUT2D eigenvalue weighted by atomic mass is 10.1. The number of pyridine rings is 1. The number of alkyl halides is 1. The van der Waals surface area contributed by atoms with Gasteiger partial charge in [-0.3, -0.25) is 0 Å². The highest BCUT2D eigenvalue weighted by molar-refractivity contribution is 6.20. The zero-order valence-electron chi connectivity index (χ0n) is 12.6. The molecule has 1 atom stereocenters. The number of halogens is 1. The van der Waals surface area contributed by atoms with Crippen molar-refractivity contribution in [1.29, 1.82) is 0 Å². The van der Waals surface area contributed by atoms with Gasteiger partial charge in [0.25, 0.3) is 0 Å². The summed E-state index contributed by atoms with van der Waals surface area (Å²) >= 11 is 6.42. The topological polar surface area (TPSA) is 17.3 Å². The zero-order valence-corrected chi connectivity index (χ0v) is 13.4. The third-order valence-corrected chi connectivity index (χ3v) is 4.04. The van der Waals surface area contributed by atoms with Crippen molar-refractivity contribution in [2.24, 2.45) is 0 Å². The third-order valence-electron chi connectivity index (χ3n) is 3.83. The van der Waals surface area contributed by atoms with E-state index in [1.807, 2.05) is 6.92 Å². The summed E-state index contributed by atoms with van der Waals surface area (Å²) in [7, 11) is 0. The molecule has 0 saturated heterocycles. The second-order valence-electron chi connectivity index (χ2n) is 5.44. The molecule has 3 rings (SSSR count). The molecule has 108 valence electrons. The van der Waals surface area contributed by atoms with Gasteiger partial charge < -0.3 is 4.40 Å². The number of fused-ring (bicyclic) bond motifs is 1. The van der Waals surface area contributed by atoms with Gasteiger partial charge >= 0.3 is 0 Å². The van der Waals surface area contributed by atoms with E-state index in [1.54, 1.807) is 0 Å². The average Bonchev–Trinajstić information content (AvgIpc) is 2.85. The van der Waals surface area contributed by atoms with E-state index in [2.05, 4.69) is 60.8 Å². The van der Waals surface area contributed by atoms with Crippen LogP contribution in [0.2, 0.25) is 0 Å². The Labute approximate surface area is 130 Å². The molecule has 2 nitrogen and oxygen atoms in total. The molecular formula is C18H19ClN2. The highest BCUT2D eigenvalue weighted by Crippen LogP contribution is 2.32. The number of imidazole rings is 1. The van der Waals surface area contributed by atoms with E-state index in [9.17, 15) is 0 Å². The highest BCUT2D eigenvalue weighted by atomic mass is 35.5. The van der Waals surface area contributed by atoms with Gasteiger partial charge in [-0.1, -0.05) is 31.2 Å². The standard InChI is InChI=1S/C18H19ClN2/c1-4-14-5-7-15(8-6-14)17-18(13(3)19)21-10-9-12(2)11-16(21)20-17/h5-11,13H,4H2,1-3H3. The lowest BCUT2D eigenvalue weighted by molar-refractivity contribution is 0.963. The van der Waals surface area contributed by atoms with Crippen LogP contribution in [0.15, 0.2) is 42.6 Å². The Bertz CT molecular complexity index is 770. The number of nitrogens with zero attached hydrogens (tertiary/aromatic N) is 2. The van der Waals surface area contributed by atoms with Gasteiger partial charge in [0.2, 0.25) is 0 Å². The van der Waals surface area contributed by atoms with Crippen LogP contribution in [-0.2, 0) is 6.42 Å². The summed E-state index contributed by atoms with van der Waals surface area (Å²) < 4.78 is 2.09. The summed E-state index contributed by atoms with van der Waals surface area (Å²) in [6.45, 7) is 6.23. The van der Waals surface area contributed by atoms with Crippen LogP contribution >= 0.6 is 11.6 Å². The van der Waals surface area contributed by atoms with Crippen LogP contribution < -0.4 is 0 Å². The van der Waals surface area contributed by atoms with Gasteiger partial charge in [-0.05, 0) is 43.5 Å². The summed E-state index contributed by atoms with van der Waals surface area (Å²) in [4.78, 5) is 4.80. The van der Waals surface area contributed by atoms with Crippen LogP contribution in [0.5, 0.6) is 0 Å². The first kappa shape index (κ1) is 14.2. The first-order valence-corrected chi connectivity index (χ1v) is 7.75. The molecule has 0 spiro atoms. The number of aromatic nitrogens is 2. The Kier molecular flexibility index (Phi) is 3.73. The van der Waals surface area contributed by atoms with Crippen LogP contribution in [0.1, 0.15) is 36.0 Å². The van der Waals surface area contributed by atoms with Crippen molar-refractivity contribution < 1.29 is 0 Å². The molecule has 0 N–H and O–H groups in total. The Balaban J connectivity index is 2.22. The van der Waals surface area contributed by atoms with E-state index >= 15 is 0 Å². The predicted octanol–water partition coefficient (Wildman–Crippen LogP) is 5.17. The molecule has 3 aromatic rings. The summed E-state index contributed by atoms with van der Waals surface area (Å²) in [6.07, 6.45) is 3.10. The quantitative estimate of drug-likeness (QED) is 0.610. The lowest BCUT2D eigenvalue weighted by Gasteiger charge is -2.07. The molecule has 3 heteroatoms. The molecule has 0 saturated carbocycles. The molecule has 0 aliphatic heterocycles. The Morgan fingerprint density at radius 2 is 1.90 bits per heavy atom. The maximum atomic E-state index is 6.42.